The molecule has 0 aromatic heterocycles. The molecule has 0 amide bonds. The predicted octanol–water partition coefficient (Wildman–Crippen LogP) is 2.94. The molecule has 0 unspecified atom stereocenters. The Kier molecular flexibility index (Phi) is 4.66. The van der Waals surface area contributed by atoms with Crippen LogP contribution >= 0.6 is 0 Å². The molecule has 2 rings (SSSR count). The second kappa shape index (κ2) is 6.34. The van der Waals surface area contributed by atoms with E-state index >= 15 is 0 Å². The molecule has 0 spiro atoms. The maximum Gasteiger partial charge on any atom is 0.195 e. The van der Waals surface area contributed by atoms with Crippen LogP contribution in [0.25, 0.3) is 0 Å². The predicted molar refractivity (Wildman–Crippen MR) is 91.3 cm³/mol. The van der Waals surface area contributed by atoms with E-state index in [2.05, 4.69) is 0 Å². The molecule has 0 radical (unpaired) electrons. The van der Waals surface area contributed by atoms with Gasteiger partial charge in [-0.05, 0) is 26.0 Å². The highest BCUT2D eigenvalue weighted by molar-refractivity contribution is 6.12. The van der Waals surface area contributed by atoms with Crippen molar-refractivity contribution < 1.29 is 14.7 Å². The number of nitrogens with zero attached hydrogens (tertiary/aromatic N) is 1. The number of aliphatic hydroxyl groups is 1. The first kappa shape index (κ1) is 16.9. The molecule has 4 nitrogen and oxygen atoms in total. The fourth-order valence-corrected chi connectivity index (χ4v) is 2.32. The molecule has 0 aliphatic rings. The summed E-state index contributed by atoms with van der Waals surface area (Å²) in [7, 11) is 3.60. The number of ketones is 2. The third-order valence-electron chi connectivity index (χ3n) is 3.58. The van der Waals surface area contributed by atoms with E-state index in [-0.39, 0.29) is 11.6 Å². The van der Waals surface area contributed by atoms with Crippen molar-refractivity contribution in [2.24, 2.45) is 0 Å². The first-order valence-corrected chi connectivity index (χ1v) is 7.40. The van der Waals surface area contributed by atoms with Gasteiger partial charge in [0.2, 0.25) is 0 Å². The highest BCUT2D eigenvalue weighted by Crippen LogP contribution is 2.26. The summed E-state index contributed by atoms with van der Waals surface area (Å²) in [5, 5.41) is 9.97. The maximum absolute atomic E-state index is 12.5. The summed E-state index contributed by atoms with van der Waals surface area (Å²) in [5.41, 5.74) is 0.646. The van der Waals surface area contributed by atoms with Crippen LogP contribution in [0.4, 0.5) is 5.69 Å². The summed E-state index contributed by atoms with van der Waals surface area (Å²) in [6.07, 6.45) is 0. The van der Waals surface area contributed by atoms with Gasteiger partial charge in [-0.15, -0.1) is 0 Å². The molecule has 4 heteroatoms. The minimum atomic E-state index is -1.46. The second-order valence-electron chi connectivity index (χ2n) is 6.21. The Morgan fingerprint density at radius 3 is 2.09 bits per heavy atom. The molecule has 0 atom stereocenters. The van der Waals surface area contributed by atoms with E-state index in [1.807, 2.05) is 18.2 Å². The number of hydrogen-bond donors (Lipinski definition) is 1. The van der Waals surface area contributed by atoms with Gasteiger partial charge in [-0.1, -0.05) is 36.4 Å². The average Bonchev–Trinajstić information content (AvgIpc) is 2.52. The van der Waals surface area contributed by atoms with Crippen LogP contribution in [0.3, 0.4) is 0 Å². The normalized spacial score (nSPS) is 11.2. The van der Waals surface area contributed by atoms with Gasteiger partial charge < -0.3 is 10.0 Å². The van der Waals surface area contributed by atoms with Gasteiger partial charge in [-0.25, -0.2) is 0 Å². The third kappa shape index (κ3) is 3.66. The number of hydrogen-bond acceptors (Lipinski definition) is 4. The number of rotatable bonds is 5. The summed E-state index contributed by atoms with van der Waals surface area (Å²) in [4.78, 5) is 26.7. The molecule has 1 N–H and O–H groups in total. The summed E-state index contributed by atoms with van der Waals surface area (Å²) in [6.45, 7) is 2.91. The number of carbonyl (C=O) groups is 2. The number of benzene rings is 2. The Balaban J connectivity index is 2.49. The van der Waals surface area contributed by atoms with Crippen LogP contribution in [0.1, 0.15) is 40.1 Å². The summed E-state index contributed by atoms with van der Waals surface area (Å²) in [6, 6.07) is 13.9. The van der Waals surface area contributed by atoms with Gasteiger partial charge in [0.05, 0.1) is 0 Å². The molecule has 0 saturated heterocycles. The van der Waals surface area contributed by atoms with Gasteiger partial charge in [-0.3, -0.25) is 9.59 Å². The number of anilines is 1. The Morgan fingerprint density at radius 2 is 1.57 bits per heavy atom. The maximum atomic E-state index is 12.5. The van der Waals surface area contributed by atoms with Crippen molar-refractivity contribution in [2.45, 2.75) is 19.4 Å². The fourth-order valence-electron chi connectivity index (χ4n) is 2.32. The Hall–Kier alpha value is -2.46. The van der Waals surface area contributed by atoms with Crippen molar-refractivity contribution in [3.63, 3.8) is 0 Å². The first-order chi connectivity index (χ1) is 10.7. The van der Waals surface area contributed by atoms with E-state index in [0.717, 1.165) is 0 Å². The molecule has 23 heavy (non-hydrogen) atoms. The third-order valence-corrected chi connectivity index (χ3v) is 3.58. The Bertz CT molecular complexity index is 728. The van der Waals surface area contributed by atoms with E-state index < -0.39 is 5.60 Å². The topological polar surface area (TPSA) is 57.6 Å². The SMILES string of the molecule is CN(C)c1cc(C(=O)c2ccccc2)ccc1C(=O)C(C)(C)O. The lowest BCUT2D eigenvalue weighted by Crippen LogP contribution is -2.32. The molecular weight excluding hydrogens is 290 g/mol. The Labute approximate surface area is 136 Å². The van der Waals surface area contributed by atoms with Crippen molar-refractivity contribution in [1.29, 1.82) is 0 Å². The second-order valence-corrected chi connectivity index (χ2v) is 6.21. The molecule has 0 aliphatic heterocycles. The quantitative estimate of drug-likeness (QED) is 0.863. The van der Waals surface area contributed by atoms with E-state index in [1.165, 1.54) is 13.8 Å². The minimum Gasteiger partial charge on any atom is -0.382 e. The van der Waals surface area contributed by atoms with E-state index in [9.17, 15) is 14.7 Å². The molecule has 0 heterocycles. The standard InChI is InChI=1S/C19H21NO3/c1-19(2,23)18(22)15-11-10-14(12-16(15)20(3)4)17(21)13-8-6-5-7-9-13/h5-12,23H,1-4H3. The van der Waals surface area contributed by atoms with Gasteiger partial charge in [-0.2, -0.15) is 0 Å². The van der Waals surface area contributed by atoms with Gasteiger partial charge in [0.1, 0.15) is 5.60 Å². The fraction of sp³-hybridized carbons (Fsp3) is 0.263. The zero-order valence-electron chi connectivity index (χ0n) is 13.8. The molecule has 120 valence electrons. The first-order valence-electron chi connectivity index (χ1n) is 7.40. The van der Waals surface area contributed by atoms with Crippen LogP contribution in [0, 0.1) is 0 Å². The van der Waals surface area contributed by atoms with Crippen molar-refractivity contribution >= 4 is 17.3 Å². The lowest BCUT2D eigenvalue weighted by atomic mass is 9.93. The molecule has 0 bridgehead atoms. The lowest BCUT2D eigenvalue weighted by molar-refractivity contribution is 0.0488. The van der Waals surface area contributed by atoms with Gasteiger partial charge in [0.25, 0.3) is 0 Å². The number of carbonyl (C=O) groups excluding carboxylic acids is 2. The molecular formula is C19H21NO3. The van der Waals surface area contributed by atoms with Crippen molar-refractivity contribution in [1.82, 2.24) is 0 Å². The zero-order valence-corrected chi connectivity index (χ0v) is 13.8. The van der Waals surface area contributed by atoms with Gasteiger partial charge in [0.15, 0.2) is 11.6 Å². The van der Waals surface area contributed by atoms with Gasteiger partial charge >= 0.3 is 0 Å². The monoisotopic (exact) mass is 311 g/mol. The molecule has 0 fully saturated rings. The molecule has 2 aromatic rings. The van der Waals surface area contributed by atoms with Crippen molar-refractivity contribution in [3.05, 3.63) is 65.2 Å². The largest absolute Gasteiger partial charge is 0.382 e. The Morgan fingerprint density at radius 1 is 0.957 bits per heavy atom. The summed E-state index contributed by atoms with van der Waals surface area (Å²) in [5.74, 6) is -0.476. The van der Waals surface area contributed by atoms with Crippen LogP contribution in [-0.4, -0.2) is 36.4 Å². The van der Waals surface area contributed by atoms with E-state index in [4.69, 9.17) is 0 Å². The smallest absolute Gasteiger partial charge is 0.195 e. The lowest BCUT2D eigenvalue weighted by Gasteiger charge is -2.22. The van der Waals surface area contributed by atoms with Crippen LogP contribution in [0.5, 0.6) is 0 Å². The van der Waals surface area contributed by atoms with E-state index in [0.29, 0.717) is 22.4 Å². The van der Waals surface area contributed by atoms with Crippen LogP contribution < -0.4 is 4.90 Å². The molecule has 0 aliphatic carbocycles. The van der Waals surface area contributed by atoms with Crippen LogP contribution in [0.2, 0.25) is 0 Å². The molecule has 0 saturated carbocycles. The summed E-state index contributed by atoms with van der Waals surface area (Å²) >= 11 is 0. The number of Topliss-reactive ketones (excluding diaryl/α,β-unsaturated/α-hetero) is 1. The highest BCUT2D eigenvalue weighted by Gasteiger charge is 2.28. The molecule has 2 aromatic carbocycles. The minimum absolute atomic E-state index is 0.101. The zero-order chi connectivity index (χ0) is 17.2. The average molecular weight is 311 g/mol. The van der Waals surface area contributed by atoms with E-state index in [1.54, 1.807) is 49.3 Å². The van der Waals surface area contributed by atoms with Crippen molar-refractivity contribution in [3.8, 4) is 0 Å². The van der Waals surface area contributed by atoms with Gasteiger partial charge in [0, 0.05) is 36.5 Å². The summed E-state index contributed by atoms with van der Waals surface area (Å²) < 4.78 is 0. The van der Waals surface area contributed by atoms with Crippen LogP contribution in [0.15, 0.2) is 48.5 Å². The van der Waals surface area contributed by atoms with Crippen LogP contribution in [-0.2, 0) is 0 Å². The highest BCUT2D eigenvalue weighted by atomic mass is 16.3. The van der Waals surface area contributed by atoms with Crippen molar-refractivity contribution in [2.75, 3.05) is 19.0 Å².